The number of imidazole rings is 1. The standard InChI is InChI=1S/C22H26N4O3/c1-5-18-20(27)19(21-24-16-8-6-7-9-17(16)25-21)22(23-2)26(18)13-10-14(28-3)12-15(11-13)29-4/h6-12,18,20,23,27H,5H2,1-4H3,(H,24,25)/t18-,20?/m1/s1. The lowest BCUT2D eigenvalue weighted by Gasteiger charge is -2.30. The summed E-state index contributed by atoms with van der Waals surface area (Å²) in [5.41, 5.74) is 3.43. The van der Waals surface area contributed by atoms with Crippen LogP contribution in [0, 0.1) is 0 Å². The lowest BCUT2D eigenvalue weighted by atomic mass is 10.0. The maximum atomic E-state index is 11.3. The largest absolute Gasteiger partial charge is 0.497 e. The van der Waals surface area contributed by atoms with Gasteiger partial charge in [0.1, 0.15) is 29.2 Å². The van der Waals surface area contributed by atoms with Gasteiger partial charge in [-0.15, -0.1) is 0 Å². The number of rotatable bonds is 6. The summed E-state index contributed by atoms with van der Waals surface area (Å²) in [6.07, 6.45) is 0.0375. The molecule has 0 saturated heterocycles. The predicted octanol–water partition coefficient (Wildman–Crippen LogP) is 3.13. The Morgan fingerprint density at radius 3 is 2.41 bits per heavy atom. The molecule has 3 N–H and O–H groups in total. The van der Waals surface area contributed by atoms with Gasteiger partial charge in [0.2, 0.25) is 0 Å². The molecule has 0 bridgehead atoms. The van der Waals surface area contributed by atoms with Crippen molar-refractivity contribution in [3.05, 3.63) is 54.1 Å². The van der Waals surface area contributed by atoms with Crippen LogP contribution in [0.15, 0.2) is 48.3 Å². The number of para-hydroxylation sites is 2. The van der Waals surface area contributed by atoms with E-state index in [-0.39, 0.29) is 6.04 Å². The lowest BCUT2D eigenvalue weighted by Crippen LogP contribution is -2.38. The number of nitrogens with zero attached hydrogens (tertiary/aromatic N) is 2. The minimum Gasteiger partial charge on any atom is -0.497 e. The van der Waals surface area contributed by atoms with Gasteiger partial charge in [-0.1, -0.05) is 19.1 Å². The van der Waals surface area contributed by atoms with Crippen LogP contribution in [0.4, 0.5) is 5.69 Å². The average molecular weight is 394 g/mol. The maximum Gasteiger partial charge on any atom is 0.140 e. The highest BCUT2D eigenvalue weighted by atomic mass is 16.5. The van der Waals surface area contributed by atoms with E-state index in [0.717, 1.165) is 34.5 Å². The first-order chi connectivity index (χ1) is 14.1. The smallest absolute Gasteiger partial charge is 0.140 e. The number of aromatic nitrogens is 2. The van der Waals surface area contributed by atoms with Gasteiger partial charge in [-0.25, -0.2) is 4.98 Å². The van der Waals surface area contributed by atoms with Crippen LogP contribution in [-0.2, 0) is 0 Å². The zero-order valence-corrected chi connectivity index (χ0v) is 17.1. The van der Waals surface area contributed by atoms with Gasteiger partial charge in [0.15, 0.2) is 0 Å². The molecule has 1 aliphatic heterocycles. The van der Waals surface area contributed by atoms with Gasteiger partial charge in [0.25, 0.3) is 0 Å². The SMILES string of the molecule is CC[C@@H]1C(O)C(c2nc3ccccc3[nH]2)=C(NC)N1c1cc(OC)cc(OC)c1. The van der Waals surface area contributed by atoms with E-state index >= 15 is 0 Å². The Morgan fingerprint density at radius 1 is 1.14 bits per heavy atom. The molecule has 7 nitrogen and oxygen atoms in total. The molecule has 0 aliphatic carbocycles. The summed E-state index contributed by atoms with van der Waals surface area (Å²) in [5, 5.41) is 14.5. The molecule has 0 spiro atoms. The molecule has 4 rings (SSSR count). The second-order valence-corrected chi connectivity index (χ2v) is 6.98. The van der Waals surface area contributed by atoms with Crippen LogP contribution in [-0.4, -0.2) is 48.5 Å². The number of aliphatic hydroxyl groups excluding tert-OH is 1. The van der Waals surface area contributed by atoms with Gasteiger partial charge >= 0.3 is 0 Å². The van der Waals surface area contributed by atoms with E-state index in [0.29, 0.717) is 17.3 Å². The Bertz CT molecular complexity index is 1000. The molecule has 1 aromatic heterocycles. The summed E-state index contributed by atoms with van der Waals surface area (Å²) in [7, 11) is 5.11. The fourth-order valence-corrected chi connectivity index (χ4v) is 4.01. The zero-order chi connectivity index (χ0) is 20.5. The highest BCUT2D eigenvalue weighted by Crippen LogP contribution is 2.41. The number of benzene rings is 2. The van der Waals surface area contributed by atoms with Crippen molar-refractivity contribution in [3.63, 3.8) is 0 Å². The third kappa shape index (κ3) is 3.17. The molecule has 0 radical (unpaired) electrons. The molecular weight excluding hydrogens is 368 g/mol. The first kappa shape index (κ1) is 19.1. The quantitative estimate of drug-likeness (QED) is 0.596. The molecule has 1 aliphatic rings. The number of fused-ring (bicyclic) bond motifs is 1. The number of anilines is 1. The summed E-state index contributed by atoms with van der Waals surface area (Å²) >= 11 is 0. The first-order valence-corrected chi connectivity index (χ1v) is 9.68. The molecule has 1 unspecified atom stereocenters. The number of ether oxygens (including phenoxy) is 2. The monoisotopic (exact) mass is 394 g/mol. The van der Waals surface area contributed by atoms with Crippen LogP contribution in [0.1, 0.15) is 19.2 Å². The Kier molecular flexibility index (Phi) is 5.07. The summed E-state index contributed by atoms with van der Waals surface area (Å²) in [6, 6.07) is 13.4. The number of hydrogen-bond acceptors (Lipinski definition) is 6. The van der Waals surface area contributed by atoms with Gasteiger partial charge in [0.05, 0.1) is 42.6 Å². The number of aromatic amines is 1. The van der Waals surface area contributed by atoms with Crippen LogP contribution in [0.25, 0.3) is 16.6 Å². The molecule has 3 aromatic rings. The maximum absolute atomic E-state index is 11.3. The zero-order valence-electron chi connectivity index (χ0n) is 17.1. The molecule has 29 heavy (non-hydrogen) atoms. The van der Waals surface area contributed by atoms with Crippen molar-refractivity contribution in [2.75, 3.05) is 26.2 Å². The highest BCUT2D eigenvalue weighted by molar-refractivity contribution is 5.84. The van der Waals surface area contributed by atoms with E-state index in [4.69, 9.17) is 14.5 Å². The van der Waals surface area contributed by atoms with Crippen molar-refractivity contribution in [1.82, 2.24) is 15.3 Å². The molecule has 0 saturated carbocycles. The molecular formula is C22H26N4O3. The van der Waals surface area contributed by atoms with E-state index in [1.54, 1.807) is 14.2 Å². The van der Waals surface area contributed by atoms with Crippen LogP contribution < -0.4 is 19.7 Å². The molecule has 0 amide bonds. The fraction of sp³-hybridized carbons (Fsp3) is 0.318. The summed E-state index contributed by atoms with van der Waals surface area (Å²) in [4.78, 5) is 10.2. The van der Waals surface area contributed by atoms with E-state index < -0.39 is 6.10 Å². The van der Waals surface area contributed by atoms with E-state index in [2.05, 4.69) is 22.1 Å². The Hall–Kier alpha value is -3.19. The van der Waals surface area contributed by atoms with Crippen LogP contribution in [0.2, 0.25) is 0 Å². The number of H-pyrrole nitrogens is 1. The van der Waals surface area contributed by atoms with Crippen LogP contribution in [0.3, 0.4) is 0 Å². The third-order valence-electron chi connectivity index (χ3n) is 5.40. The minimum absolute atomic E-state index is 0.155. The van der Waals surface area contributed by atoms with Gasteiger partial charge in [-0.2, -0.15) is 0 Å². The minimum atomic E-state index is -0.708. The number of hydrogen-bond donors (Lipinski definition) is 3. The number of aliphatic hydroxyl groups is 1. The predicted molar refractivity (Wildman–Crippen MR) is 114 cm³/mol. The fourth-order valence-electron chi connectivity index (χ4n) is 4.01. The van der Waals surface area contributed by atoms with E-state index in [1.165, 1.54) is 0 Å². The first-order valence-electron chi connectivity index (χ1n) is 9.68. The van der Waals surface area contributed by atoms with Gasteiger partial charge in [0, 0.05) is 25.2 Å². The Labute approximate surface area is 170 Å². The van der Waals surface area contributed by atoms with Crippen molar-refractivity contribution in [3.8, 4) is 11.5 Å². The molecule has 2 atom stereocenters. The van der Waals surface area contributed by atoms with Crippen molar-refractivity contribution in [2.24, 2.45) is 0 Å². The Balaban J connectivity index is 1.89. The summed E-state index contributed by atoms with van der Waals surface area (Å²) in [5.74, 6) is 2.85. The second-order valence-electron chi connectivity index (χ2n) is 6.98. The second kappa shape index (κ2) is 7.67. The normalized spacial score (nSPS) is 19.1. The van der Waals surface area contributed by atoms with Crippen molar-refractivity contribution in [1.29, 1.82) is 0 Å². The van der Waals surface area contributed by atoms with Crippen LogP contribution >= 0.6 is 0 Å². The van der Waals surface area contributed by atoms with Gasteiger partial charge < -0.3 is 29.8 Å². The van der Waals surface area contributed by atoms with Gasteiger partial charge in [-0.3, -0.25) is 0 Å². The number of nitrogens with one attached hydrogen (secondary N) is 2. The van der Waals surface area contributed by atoms with Crippen molar-refractivity contribution in [2.45, 2.75) is 25.5 Å². The highest BCUT2D eigenvalue weighted by Gasteiger charge is 2.41. The molecule has 152 valence electrons. The van der Waals surface area contributed by atoms with E-state index in [9.17, 15) is 5.11 Å². The van der Waals surface area contributed by atoms with Crippen molar-refractivity contribution >= 4 is 22.3 Å². The lowest BCUT2D eigenvalue weighted by molar-refractivity contribution is 0.204. The van der Waals surface area contributed by atoms with Gasteiger partial charge in [-0.05, 0) is 18.6 Å². The Morgan fingerprint density at radius 2 is 1.83 bits per heavy atom. The molecule has 0 fully saturated rings. The summed E-state index contributed by atoms with van der Waals surface area (Å²) < 4.78 is 10.9. The molecule has 2 heterocycles. The molecule has 7 heteroatoms. The third-order valence-corrected chi connectivity index (χ3v) is 5.40. The average Bonchev–Trinajstić information content (AvgIpc) is 3.30. The molecule has 2 aromatic carbocycles. The van der Waals surface area contributed by atoms with E-state index in [1.807, 2.05) is 49.5 Å². The van der Waals surface area contributed by atoms with Crippen molar-refractivity contribution < 1.29 is 14.6 Å². The summed E-state index contributed by atoms with van der Waals surface area (Å²) in [6.45, 7) is 2.06. The topological polar surface area (TPSA) is 82.6 Å². The van der Waals surface area contributed by atoms with Crippen LogP contribution in [0.5, 0.6) is 11.5 Å². The number of methoxy groups -OCH3 is 2.